The summed E-state index contributed by atoms with van der Waals surface area (Å²) < 4.78 is 7.56. The first-order valence-corrected chi connectivity index (χ1v) is 12.4. The van der Waals surface area contributed by atoms with Gasteiger partial charge in [-0.15, -0.1) is 0 Å². The Bertz CT molecular complexity index is 1590. The molecule has 1 unspecified atom stereocenters. The van der Waals surface area contributed by atoms with Crippen LogP contribution in [0.5, 0.6) is 0 Å². The fourth-order valence-electron chi connectivity index (χ4n) is 4.89. The standard InChI is InChI=1S/C28H25ClN4O5/c1-15-24(23-4-3-11-38-23)22(13-19(25(15)29)28(36)37)32(2)27(35)18-9-10-33-21(12-18)20(14-31-33)16-5-7-17(8-6-16)26(30)34/h5-10,12-14,23H,3-4,11H2,1-2H3,(H2,30,34)(H,36,37). The lowest BCUT2D eigenvalue weighted by Crippen LogP contribution is -2.28. The zero-order valence-electron chi connectivity index (χ0n) is 20.8. The first-order valence-electron chi connectivity index (χ1n) is 12.0. The highest BCUT2D eigenvalue weighted by molar-refractivity contribution is 6.34. The number of pyridine rings is 1. The molecule has 2 aromatic carbocycles. The second-order valence-electron chi connectivity index (χ2n) is 9.21. The minimum absolute atomic E-state index is 0.0755. The number of rotatable bonds is 6. The topological polar surface area (TPSA) is 127 Å². The Morgan fingerprint density at radius 2 is 1.89 bits per heavy atom. The number of nitrogens with zero attached hydrogens (tertiary/aromatic N) is 3. The number of amides is 2. The molecule has 10 heteroatoms. The molecule has 0 aliphatic carbocycles. The molecule has 194 valence electrons. The molecule has 9 nitrogen and oxygen atoms in total. The molecule has 2 amide bonds. The van der Waals surface area contributed by atoms with Crippen LogP contribution < -0.4 is 10.6 Å². The van der Waals surface area contributed by atoms with Crippen LogP contribution in [-0.2, 0) is 4.74 Å². The zero-order chi connectivity index (χ0) is 27.1. The number of aromatic carboxylic acids is 1. The number of carboxylic acids is 1. The third-order valence-corrected chi connectivity index (χ3v) is 7.41. The van der Waals surface area contributed by atoms with E-state index < -0.39 is 11.9 Å². The predicted octanol–water partition coefficient (Wildman–Crippen LogP) is 4.89. The second kappa shape index (κ2) is 9.92. The van der Waals surface area contributed by atoms with Crippen molar-refractivity contribution in [2.75, 3.05) is 18.6 Å². The van der Waals surface area contributed by atoms with E-state index in [1.165, 1.54) is 11.0 Å². The Balaban J connectivity index is 1.56. The number of hydrogen-bond donors (Lipinski definition) is 2. The van der Waals surface area contributed by atoms with Crippen molar-refractivity contribution < 1.29 is 24.2 Å². The van der Waals surface area contributed by atoms with Crippen molar-refractivity contribution in [3.05, 3.63) is 87.7 Å². The van der Waals surface area contributed by atoms with Crippen LogP contribution in [0.2, 0.25) is 5.02 Å². The van der Waals surface area contributed by atoms with Crippen molar-refractivity contribution in [2.24, 2.45) is 5.73 Å². The number of ether oxygens (including phenoxy) is 1. The largest absolute Gasteiger partial charge is 0.478 e. The van der Waals surface area contributed by atoms with Gasteiger partial charge in [-0.3, -0.25) is 9.59 Å². The minimum Gasteiger partial charge on any atom is -0.478 e. The number of halogens is 1. The number of nitrogens with two attached hydrogens (primary N) is 1. The van der Waals surface area contributed by atoms with E-state index in [1.807, 2.05) is 0 Å². The highest BCUT2D eigenvalue weighted by Crippen LogP contribution is 2.41. The van der Waals surface area contributed by atoms with Gasteiger partial charge >= 0.3 is 5.97 Å². The molecule has 1 aliphatic rings. The van der Waals surface area contributed by atoms with Crippen LogP contribution in [0.15, 0.2) is 54.9 Å². The van der Waals surface area contributed by atoms with Crippen LogP contribution in [-0.4, -0.2) is 46.2 Å². The number of carbonyl (C=O) groups excluding carboxylic acids is 2. The molecule has 3 N–H and O–H groups in total. The molecule has 1 aliphatic heterocycles. The average molecular weight is 533 g/mol. The number of benzene rings is 2. The number of aromatic nitrogens is 2. The molecular formula is C28H25ClN4O5. The van der Waals surface area contributed by atoms with E-state index in [-0.39, 0.29) is 22.6 Å². The highest BCUT2D eigenvalue weighted by Gasteiger charge is 2.30. The molecular weight excluding hydrogens is 508 g/mol. The molecule has 1 saturated heterocycles. The smallest absolute Gasteiger partial charge is 0.337 e. The van der Waals surface area contributed by atoms with Crippen LogP contribution >= 0.6 is 11.6 Å². The van der Waals surface area contributed by atoms with Crippen LogP contribution in [0.1, 0.15) is 61.1 Å². The average Bonchev–Trinajstić information content (AvgIpc) is 3.59. The Morgan fingerprint density at radius 3 is 2.53 bits per heavy atom. The van der Waals surface area contributed by atoms with Gasteiger partial charge in [0.15, 0.2) is 0 Å². The lowest BCUT2D eigenvalue weighted by Gasteiger charge is -2.26. The normalized spacial score (nSPS) is 15.1. The Labute approximate surface area is 223 Å². The van der Waals surface area contributed by atoms with E-state index >= 15 is 0 Å². The van der Waals surface area contributed by atoms with Gasteiger partial charge in [0.1, 0.15) is 0 Å². The van der Waals surface area contributed by atoms with Crippen molar-refractivity contribution in [3.8, 4) is 11.1 Å². The molecule has 5 rings (SSSR count). The molecule has 0 bridgehead atoms. The number of carbonyl (C=O) groups is 3. The van der Waals surface area contributed by atoms with Crippen molar-refractivity contribution in [2.45, 2.75) is 25.9 Å². The third-order valence-electron chi connectivity index (χ3n) is 6.92. The summed E-state index contributed by atoms with van der Waals surface area (Å²) in [5.41, 5.74) is 10.1. The molecule has 1 atom stereocenters. The van der Waals surface area contributed by atoms with Crippen molar-refractivity contribution in [1.82, 2.24) is 9.61 Å². The van der Waals surface area contributed by atoms with E-state index in [2.05, 4.69) is 5.10 Å². The summed E-state index contributed by atoms with van der Waals surface area (Å²) in [5.74, 6) is -2.02. The minimum atomic E-state index is -1.17. The molecule has 0 radical (unpaired) electrons. The molecule has 38 heavy (non-hydrogen) atoms. The van der Waals surface area contributed by atoms with E-state index in [4.69, 9.17) is 22.1 Å². The maximum atomic E-state index is 13.7. The maximum absolute atomic E-state index is 13.7. The summed E-state index contributed by atoms with van der Waals surface area (Å²) in [7, 11) is 1.61. The fraction of sp³-hybridized carbons (Fsp3) is 0.214. The van der Waals surface area contributed by atoms with E-state index in [9.17, 15) is 19.5 Å². The van der Waals surface area contributed by atoms with Gasteiger partial charge in [-0.2, -0.15) is 5.10 Å². The van der Waals surface area contributed by atoms with Gasteiger partial charge in [0.05, 0.1) is 34.1 Å². The fourth-order valence-corrected chi connectivity index (χ4v) is 5.13. The number of anilines is 1. The van der Waals surface area contributed by atoms with Crippen molar-refractivity contribution >= 4 is 40.6 Å². The summed E-state index contributed by atoms with van der Waals surface area (Å²) in [6.07, 6.45) is 4.70. The lowest BCUT2D eigenvalue weighted by atomic mass is 9.95. The summed E-state index contributed by atoms with van der Waals surface area (Å²) in [4.78, 5) is 38.5. The summed E-state index contributed by atoms with van der Waals surface area (Å²) in [6.45, 7) is 2.34. The molecule has 4 aromatic rings. The Morgan fingerprint density at radius 1 is 1.16 bits per heavy atom. The van der Waals surface area contributed by atoms with Gasteiger partial charge in [0, 0.05) is 42.1 Å². The molecule has 3 heterocycles. The van der Waals surface area contributed by atoms with Gasteiger partial charge in [-0.05, 0) is 61.2 Å². The second-order valence-corrected chi connectivity index (χ2v) is 9.59. The monoisotopic (exact) mass is 532 g/mol. The maximum Gasteiger partial charge on any atom is 0.337 e. The first-order chi connectivity index (χ1) is 18.2. The number of hydrogen-bond acceptors (Lipinski definition) is 5. The van der Waals surface area contributed by atoms with Crippen molar-refractivity contribution in [3.63, 3.8) is 0 Å². The molecule has 1 fully saturated rings. The van der Waals surface area contributed by atoms with E-state index in [1.54, 1.807) is 67.3 Å². The van der Waals surface area contributed by atoms with Crippen molar-refractivity contribution in [1.29, 1.82) is 0 Å². The summed E-state index contributed by atoms with van der Waals surface area (Å²) in [5, 5.41) is 14.3. The Hall–Kier alpha value is -4.21. The predicted molar refractivity (Wildman–Crippen MR) is 143 cm³/mol. The van der Waals surface area contributed by atoms with E-state index in [0.29, 0.717) is 40.1 Å². The van der Waals surface area contributed by atoms with Gasteiger partial charge in [0.25, 0.3) is 5.91 Å². The van der Waals surface area contributed by atoms with Crippen LogP contribution in [0.4, 0.5) is 5.69 Å². The van der Waals surface area contributed by atoms with Gasteiger partial charge in [0.2, 0.25) is 5.91 Å². The van der Waals surface area contributed by atoms with Crippen LogP contribution in [0.3, 0.4) is 0 Å². The number of fused-ring (bicyclic) bond motifs is 1. The number of primary amides is 1. The molecule has 0 saturated carbocycles. The lowest BCUT2D eigenvalue weighted by molar-refractivity contribution is 0.0695. The molecule has 0 spiro atoms. The van der Waals surface area contributed by atoms with E-state index in [0.717, 1.165) is 24.0 Å². The zero-order valence-corrected chi connectivity index (χ0v) is 21.5. The van der Waals surface area contributed by atoms with Crippen LogP contribution in [0.25, 0.3) is 16.6 Å². The van der Waals surface area contributed by atoms with Gasteiger partial charge in [-0.25, -0.2) is 9.31 Å². The number of carboxylic acid groups (broad SMARTS) is 1. The third kappa shape index (κ3) is 4.40. The van der Waals surface area contributed by atoms with Gasteiger partial charge in [-0.1, -0.05) is 23.7 Å². The SMILES string of the molecule is Cc1c(Cl)c(C(=O)O)cc(N(C)C(=O)c2ccn3ncc(-c4ccc(C(N)=O)cc4)c3c2)c1C1CCCO1. The Kier molecular flexibility index (Phi) is 6.64. The quantitative estimate of drug-likeness (QED) is 0.364. The highest BCUT2D eigenvalue weighted by atomic mass is 35.5. The summed E-state index contributed by atoms with van der Waals surface area (Å²) in [6, 6.07) is 11.7. The van der Waals surface area contributed by atoms with Crippen LogP contribution in [0, 0.1) is 6.92 Å². The summed E-state index contributed by atoms with van der Waals surface area (Å²) >= 11 is 6.43. The van der Waals surface area contributed by atoms with Gasteiger partial charge < -0.3 is 20.5 Å². The first kappa shape index (κ1) is 25.4. The molecule has 2 aromatic heterocycles.